The lowest BCUT2D eigenvalue weighted by atomic mass is 10.1. The van der Waals surface area contributed by atoms with Crippen molar-refractivity contribution in [2.45, 2.75) is 19.9 Å². The van der Waals surface area contributed by atoms with Gasteiger partial charge in [0, 0.05) is 0 Å². The second-order valence-corrected chi connectivity index (χ2v) is 8.69. The van der Waals surface area contributed by atoms with Gasteiger partial charge in [0.2, 0.25) is 15.9 Å². The van der Waals surface area contributed by atoms with Crippen molar-refractivity contribution in [1.82, 2.24) is 5.32 Å². The SMILES string of the molecule is CCOc1ccc([C@H](C)NC(=O)CN(c2ccc(OC)c(Cl)c2)S(C)(=O)=O)cc1. The largest absolute Gasteiger partial charge is 0.495 e. The fraction of sp³-hybridized carbons (Fsp3) is 0.350. The molecule has 0 bridgehead atoms. The van der Waals surface area contributed by atoms with E-state index in [2.05, 4.69) is 5.32 Å². The molecule has 2 aromatic carbocycles. The molecule has 2 rings (SSSR count). The third kappa shape index (κ3) is 6.27. The van der Waals surface area contributed by atoms with Crippen molar-refractivity contribution in [3.8, 4) is 11.5 Å². The zero-order valence-electron chi connectivity index (χ0n) is 16.8. The number of hydrogen-bond acceptors (Lipinski definition) is 5. The van der Waals surface area contributed by atoms with Gasteiger partial charge in [-0.3, -0.25) is 9.10 Å². The maximum atomic E-state index is 12.5. The van der Waals surface area contributed by atoms with E-state index in [9.17, 15) is 13.2 Å². The summed E-state index contributed by atoms with van der Waals surface area (Å²) in [6.45, 7) is 3.92. The van der Waals surface area contributed by atoms with Crippen molar-refractivity contribution in [1.29, 1.82) is 0 Å². The maximum Gasteiger partial charge on any atom is 0.241 e. The molecule has 2 aromatic rings. The Morgan fingerprint density at radius 1 is 1.21 bits per heavy atom. The van der Waals surface area contributed by atoms with Crippen LogP contribution in [0.2, 0.25) is 5.02 Å². The van der Waals surface area contributed by atoms with Gasteiger partial charge in [0.1, 0.15) is 18.0 Å². The number of halogens is 1. The molecule has 1 amide bonds. The summed E-state index contributed by atoms with van der Waals surface area (Å²) < 4.78 is 36.0. The normalized spacial score (nSPS) is 12.2. The third-order valence-electron chi connectivity index (χ3n) is 4.18. The van der Waals surface area contributed by atoms with E-state index in [1.54, 1.807) is 6.07 Å². The molecule has 0 aliphatic rings. The minimum absolute atomic E-state index is 0.252. The average Bonchev–Trinajstić information content (AvgIpc) is 2.66. The summed E-state index contributed by atoms with van der Waals surface area (Å²) in [6, 6.07) is 11.6. The molecule has 0 aliphatic heterocycles. The topological polar surface area (TPSA) is 84.9 Å². The molecule has 1 atom stereocenters. The van der Waals surface area contributed by atoms with Gasteiger partial charge in [0.25, 0.3) is 0 Å². The quantitative estimate of drug-likeness (QED) is 0.646. The minimum atomic E-state index is -3.71. The second-order valence-electron chi connectivity index (χ2n) is 6.38. The molecule has 0 saturated heterocycles. The number of rotatable bonds is 9. The predicted octanol–water partition coefficient (Wildman–Crippen LogP) is 3.39. The van der Waals surface area contributed by atoms with Crippen LogP contribution in [0.4, 0.5) is 5.69 Å². The number of hydrogen-bond donors (Lipinski definition) is 1. The maximum absolute atomic E-state index is 12.5. The number of amides is 1. The van der Waals surface area contributed by atoms with Gasteiger partial charge >= 0.3 is 0 Å². The number of sulfonamides is 1. The number of anilines is 1. The fourth-order valence-corrected chi connectivity index (χ4v) is 3.83. The number of carbonyl (C=O) groups is 1. The third-order valence-corrected chi connectivity index (χ3v) is 5.62. The standard InChI is InChI=1S/C20H25ClN2O5S/c1-5-28-17-9-6-15(7-10-17)14(2)22-20(24)13-23(29(4,25)26)16-8-11-19(27-3)18(21)12-16/h6-12,14H,5,13H2,1-4H3,(H,22,24)/t14-/m0/s1. The molecule has 7 nitrogen and oxygen atoms in total. The van der Waals surface area contributed by atoms with E-state index < -0.39 is 15.9 Å². The van der Waals surface area contributed by atoms with Gasteiger partial charge in [0.15, 0.2) is 0 Å². The number of carbonyl (C=O) groups excluding carboxylic acids is 1. The molecular weight excluding hydrogens is 416 g/mol. The summed E-state index contributed by atoms with van der Waals surface area (Å²) in [5.74, 6) is 0.718. The van der Waals surface area contributed by atoms with Gasteiger partial charge < -0.3 is 14.8 Å². The fourth-order valence-electron chi connectivity index (χ4n) is 2.73. The molecular formula is C20H25ClN2O5S. The zero-order chi connectivity index (χ0) is 21.6. The van der Waals surface area contributed by atoms with Crippen molar-refractivity contribution in [3.63, 3.8) is 0 Å². The first kappa shape index (κ1) is 22.8. The Bertz CT molecular complexity index is 948. The Kier molecular flexibility index (Phi) is 7.75. The number of nitrogens with one attached hydrogen (secondary N) is 1. The number of nitrogens with zero attached hydrogens (tertiary/aromatic N) is 1. The van der Waals surface area contributed by atoms with E-state index in [0.717, 1.165) is 21.9 Å². The second kappa shape index (κ2) is 9.84. The minimum Gasteiger partial charge on any atom is -0.495 e. The molecule has 0 fully saturated rings. The van der Waals surface area contributed by atoms with Gasteiger partial charge in [-0.15, -0.1) is 0 Å². The van der Waals surface area contributed by atoms with Crippen molar-refractivity contribution >= 4 is 33.2 Å². The Morgan fingerprint density at radius 3 is 2.38 bits per heavy atom. The van der Waals surface area contributed by atoms with Crippen LogP contribution < -0.4 is 19.1 Å². The summed E-state index contributed by atoms with van der Waals surface area (Å²) in [5.41, 5.74) is 1.15. The Morgan fingerprint density at radius 2 is 1.86 bits per heavy atom. The van der Waals surface area contributed by atoms with Crippen molar-refractivity contribution < 1.29 is 22.7 Å². The summed E-state index contributed by atoms with van der Waals surface area (Å²) in [5, 5.41) is 3.07. The van der Waals surface area contributed by atoms with Gasteiger partial charge in [-0.25, -0.2) is 8.42 Å². The number of methoxy groups -OCH3 is 1. The Labute approximate surface area is 176 Å². The lowest BCUT2D eigenvalue weighted by molar-refractivity contribution is -0.120. The molecule has 0 aromatic heterocycles. The summed E-state index contributed by atoms with van der Waals surface area (Å²) in [4.78, 5) is 12.5. The van der Waals surface area contributed by atoms with E-state index in [4.69, 9.17) is 21.1 Å². The molecule has 0 spiro atoms. The van der Waals surface area contributed by atoms with Crippen LogP contribution in [-0.2, 0) is 14.8 Å². The van der Waals surface area contributed by atoms with Crippen molar-refractivity contribution in [2.24, 2.45) is 0 Å². The molecule has 0 aliphatic carbocycles. The molecule has 0 radical (unpaired) electrons. The molecule has 0 unspecified atom stereocenters. The number of benzene rings is 2. The smallest absolute Gasteiger partial charge is 0.241 e. The Hall–Kier alpha value is -2.45. The van der Waals surface area contributed by atoms with Gasteiger partial charge in [-0.2, -0.15) is 0 Å². The first-order chi connectivity index (χ1) is 13.7. The highest BCUT2D eigenvalue weighted by molar-refractivity contribution is 7.92. The molecule has 9 heteroatoms. The molecule has 158 valence electrons. The molecule has 0 saturated carbocycles. The highest BCUT2D eigenvalue weighted by atomic mass is 35.5. The molecule has 0 heterocycles. The highest BCUT2D eigenvalue weighted by Crippen LogP contribution is 2.30. The van der Waals surface area contributed by atoms with E-state index in [1.807, 2.05) is 38.1 Å². The van der Waals surface area contributed by atoms with E-state index in [-0.39, 0.29) is 23.3 Å². The van der Waals surface area contributed by atoms with Gasteiger partial charge in [0.05, 0.1) is 36.7 Å². The monoisotopic (exact) mass is 440 g/mol. The first-order valence-electron chi connectivity index (χ1n) is 8.99. The molecule has 1 N–H and O–H groups in total. The molecule has 29 heavy (non-hydrogen) atoms. The van der Waals surface area contributed by atoms with Crippen LogP contribution in [0.25, 0.3) is 0 Å². The van der Waals surface area contributed by atoms with Crippen LogP contribution in [0.5, 0.6) is 11.5 Å². The van der Waals surface area contributed by atoms with Crippen LogP contribution in [0.1, 0.15) is 25.5 Å². The lowest BCUT2D eigenvalue weighted by Gasteiger charge is -2.24. The van der Waals surface area contributed by atoms with Gasteiger partial charge in [-0.1, -0.05) is 23.7 Å². The summed E-state index contributed by atoms with van der Waals surface area (Å²) in [7, 11) is -2.24. The predicted molar refractivity (Wildman–Crippen MR) is 114 cm³/mol. The zero-order valence-corrected chi connectivity index (χ0v) is 18.4. The highest BCUT2D eigenvalue weighted by Gasteiger charge is 2.22. The van der Waals surface area contributed by atoms with E-state index >= 15 is 0 Å². The number of ether oxygens (including phenoxy) is 2. The lowest BCUT2D eigenvalue weighted by Crippen LogP contribution is -2.41. The van der Waals surface area contributed by atoms with Crippen molar-refractivity contribution in [2.75, 3.05) is 30.8 Å². The van der Waals surface area contributed by atoms with Crippen LogP contribution >= 0.6 is 11.6 Å². The average molecular weight is 441 g/mol. The van der Waals surface area contributed by atoms with E-state index in [1.165, 1.54) is 19.2 Å². The van der Waals surface area contributed by atoms with Crippen LogP contribution in [0.3, 0.4) is 0 Å². The van der Waals surface area contributed by atoms with E-state index in [0.29, 0.717) is 12.4 Å². The van der Waals surface area contributed by atoms with Crippen LogP contribution in [0.15, 0.2) is 42.5 Å². The first-order valence-corrected chi connectivity index (χ1v) is 11.2. The van der Waals surface area contributed by atoms with Crippen molar-refractivity contribution in [3.05, 3.63) is 53.1 Å². The summed E-state index contributed by atoms with van der Waals surface area (Å²) >= 11 is 6.10. The van der Waals surface area contributed by atoms with Crippen LogP contribution in [-0.4, -0.2) is 40.8 Å². The van der Waals surface area contributed by atoms with Crippen LogP contribution in [0, 0.1) is 0 Å². The summed E-state index contributed by atoms with van der Waals surface area (Å²) in [6.07, 6.45) is 1.04. The van der Waals surface area contributed by atoms with Gasteiger partial charge in [-0.05, 0) is 49.7 Å². The Balaban J connectivity index is 2.13.